The lowest BCUT2D eigenvalue weighted by atomic mass is 10.1. The highest BCUT2D eigenvalue weighted by Crippen LogP contribution is 2.37. The van der Waals surface area contributed by atoms with Crippen molar-refractivity contribution in [2.45, 2.75) is 18.9 Å². The van der Waals surface area contributed by atoms with Gasteiger partial charge in [-0.05, 0) is 30.4 Å². The van der Waals surface area contributed by atoms with Gasteiger partial charge in [-0.15, -0.1) is 0 Å². The van der Waals surface area contributed by atoms with Crippen LogP contribution in [0.2, 0.25) is 0 Å². The Hall–Kier alpha value is -1.87. The van der Waals surface area contributed by atoms with E-state index in [2.05, 4.69) is 12.1 Å². The second kappa shape index (κ2) is 4.07. The van der Waals surface area contributed by atoms with E-state index in [1.54, 1.807) is 0 Å². The van der Waals surface area contributed by atoms with E-state index in [4.69, 9.17) is 4.74 Å². The summed E-state index contributed by atoms with van der Waals surface area (Å²) in [6.45, 7) is 1.68. The molecule has 1 saturated heterocycles. The van der Waals surface area contributed by atoms with Crippen molar-refractivity contribution in [3.05, 3.63) is 42.0 Å². The van der Waals surface area contributed by atoms with Crippen LogP contribution in [0.25, 0.3) is 10.8 Å². The Morgan fingerprint density at radius 1 is 1.21 bits per heavy atom. The summed E-state index contributed by atoms with van der Waals surface area (Å²) < 4.78 is 5.22. The van der Waals surface area contributed by atoms with E-state index in [-0.39, 0.29) is 5.91 Å². The number of amides is 1. The summed E-state index contributed by atoms with van der Waals surface area (Å²) in [5, 5.41) is 2.26. The Kier molecular flexibility index (Phi) is 2.35. The maximum atomic E-state index is 12.5. The summed E-state index contributed by atoms with van der Waals surface area (Å²) in [5.74, 6) is 0.142. The Balaban J connectivity index is 1.67. The first-order valence-electron chi connectivity index (χ1n) is 6.80. The van der Waals surface area contributed by atoms with E-state index in [1.807, 2.05) is 29.2 Å². The fraction of sp³-hybridized carbons (Fsp3) is 0.312. The molecule has 1 amide bonds. The van der Waals surface area contributed by atoms with Crippen molar-refractivity contribution < 1.29 is 9.53 Å². The van der Waals surface area contributed by atoms with Gasteiger partial charge in [-0.1, -0.05) is 24.3 Å². The Morgan fingerprint density at radius 3 is 2.79 bits per heavy atom. The van der Waals surface area contributed by atoms with E-state index >= 15 is 0 Å². The maximum Gasteiger partial charge on any atom is 0.258 e. The molecule has 0 radical (unpaired) electrons. The molecule has 4 rings (SSSR count). The number of hydrogen-bond donors (Lipinski definition) is 0. The lowest BCUT2D eigenvalue weighted by Gasteiger charge is -2.17. The van der Waals surface area contributed by atoms with Gasteiger partial charge in [-0.25, -0.2) is 0 Å². The van der Waals surface area contributed by atoms with Gasteiger partial charge in [-0.2, -0.15) is 0 Å². The molecular weight excluding hydrogens is 238 g/mol. The average molecular weight is 253 g/mol. The van der Waals surface area contributed by atoms with Crippen LogP contribution >= 0.6 is 0 Å². The molecule has 0 aliphatic carbocycles. The van der Waals surface area contributed by atoms with Crippen molar-refractivity contribution in [2.24, 2.45) is 0 Å². The van der Waals surface area contributed by atoms with Crippen molar-refractivity contribution in [2.75, 3.05) is 18.1 Å². The molecule has 2 heterocycles. The molecule has 1 unspecified atom stereocenters. The third-order valence-corrected chi connectivity index (χ3v) is 3.96. The van der Waals surface area contributed by atoms with Crippen molar-refractivity contribution in [1.82, 2.24) is 0 Å². The highest BCUT2D eigenvalue weighted by Gasteiger charge is 2.29. The number of benzene rings is 2. The van der Waals surface area contributed by atoms with Crippen LogP contribution in [-0.4, -0.2) is 25.2 Å². The average Bonchev–Trinajstić information content (AvgIpc) is 3.22. The summed E-state index contributed by atoms with van der Waals surface area (Å²) in [4.78, 5) is 14.4. The molecule has 96 valence electrons. The van der Waals surface area contributed by atoms with Crippen molar-refractivity contribution in [3.8, 4) is 0 Å². The molecule has 19 heavy (non-hydrogen) atoms. The largest absolute Gasteiger partial charge is 0.373 e. The van der Waals surface area contributed by atoms with Crippen LogP contribution < -0.4 is 4.90 Å². The third kappa shape index (κ3) is 1.73. The summed E-state index contributed by atoms with van der Waals surface area (Å²) in [6, 6.07) is 12.1. The first-order valence-corrected chi connectivity index (χ1v) is 6.80. The van der Waals surface area contributed by atoms with E-state index in [0.717, 1.165) is 48.0 Å². The van der Waals surface area contributed by atoms with Gasteiger partial charge in [-0.3, -0.25) is 4.79 Å². The Labute approximate surface area is 111 Å². The van der Waals surface area contributed by atoms with Crippen LogP contribution in [0.3, 0.4) is 0 Å². The monoisotopic (exact) mass is 253 g/mol. The van der Waals surface area contributed by atoms with Crippen LogP contribution in [0, 0.1) is 0 Å². The minimum absolute atomic E-state index is 0.142. The smallest absolute Gasteiger partial charge is 0.258 e. The molecular formula is C16H15NO2. The molecule has 2 aromatic rings. The quantitative estimate of drug-likeness (QED) is 0.785. The second-order valence-electron chi connectivity index (χ2n) is 5.24. The normalized spacial score (nSPS) is 20.3. The number of carbonyl (C=O) groups excluding carboxylic acids is 1. The predicted molar refractivity (Wildman–Crippen MR) is 74.6 cm³/mol. The van der Waals surface area contributed by atoms with Gasteiger partial charge >= 0.3 is 0 Å². The first-order chi connectivity index (χ1) is 9.34. The maximum absolute atomic E-state index is 12.5. The third-order valence-electron chi connectivity index (χ3n) is 3.96. The van der Waals surface area contributed by atoms with E-state index in [1.165, 1.54) is 0 Å². The minimum atomic E-state index is 0.142. The lowest BCUT2D eigenvalue weighted by Crippen LogP contribution is -2.27. The van der Waals surface area contributed by atoms with Crippen molar-refractivity contribution >= 4 is 22.4 Å². The number of ether oxygens (including phenoxy) is 1. The van der Waals surface area contributed by atoms with Gasteiger partial charge in [0, 0.05) is 17.5 Å². The number of epoxide rings is 1. The topological polar surface area (TPSA) is 32.8 Å². The van der Waals surface area contributed by atoms with Crippen LogP contribution in [0.1, 0.15) is 23.2 Å². The molecule has 1 atom stereocenters. The molecule has 3 nitrogen and oxygen atoms in total. The summed E-state index contributed by atoms with van der Waals surface area (Å²) in [5.41, 5.74) is 1.91. The van der Waals surface area contributed by atoms with Gasteiger partial charge in [0.2, 0.25) is 0 Å². The van der Waals surface area contributed by atoms with Crippen LogP contribution in [-0.2, 0) is 4.74 Å². The minimum Gasteiger partial charge on any atom is -0.373 e. The number of rotatable bonds is 4. The van der Waals surface area contributed by atoms with E-state index in [0.29, 0.717) is 6.10 Å². The molecule has 2 aliphatic rings. The fourth-order valence-electron chi connectivity index (χ4n) is 2.91. The summed E-state index contributed by atoms with van der Waals surface area (Å²) in [6.07, 6.45) is 2.49. The molecule has 1 fully saturated rings. The zero-order chi connectivity index (χ0) is 12.8. The second-order valence-corrected chi connectivity index (χ2v) is 5.24. The predicted octanol–water partition coefficient (Wildman–Crippen LogP) is 2.98. The van der Waals surface area contributed by atoms with Crippen molar-refractivity contribution in [3.63, 3.8) is 0 Å². The standard InChI is InChI=1S/C16H15NO2/c18-16-13-7-1-4-11-5-2-8-14(15(11)13)17(16)9-3-6-12-10-19-12/h1-2,4-5,7-8,12H,3,6,9-10H2. The van der Waals surface area contributed by atoms with Gasteiger partial charge in [0.25, 0.3) is 5.91 Å². The fourth-order valence-corrected chi connectivity index (χ4v) is 2.91. The van der Waals surface area contributed by atoms with Gasteiger partial charge in [0.1, 0.15) is 0 Å². The van der Waals surface area contributed by atoms with Crippen molar-refractivity contribution in [1.29, 1.82) is 0 Å². The number of anilines is 1. The molecule has 0 spiro atoms. The molecule has 0 aromatic heterocycles. The molecule has 0 saturated carbocycles. The SMILES string of the molecule is O=C1c2cccc3cccc(c23)N1CCCC1CO1. The molecule has 0 bridgehead atoms. The lowest BCUT2D eigenvalue weighted by molar-refractivity contribution is 0.0992. The van der Waals surface area contributed by atoms with Gasteiger partial charge in [0.15, 0.2) is 0 Å². The summed E-state index contributed by atoms with van der Waals surface area (Å²) >= 11 is 0. The van der Waals surface area contributed by atoms with E-state index < -0.39 is 0 Å². The van der Waals surface area contributed by atoms with Crippen LogP contribution in [0.5, 0.6) is 0 Å². The first kappa shape index (κ1) is 11.0. The zero-order valence-electron chi connectivity index (χ0n) is 10.6. The number of nitrogens with zero attached hydrogens (tertiary/aromatic N) is 1. The summed E-state index contributed by atoms with van der Waals surface area (Å²) in [7, 11) is 0. The highest BCUT2D eigenvalue weighted by molar-refractivity contribution is 6.24. The van der Waals surface area contributed by atoms with Crippen LogP contribution in [0.4, 0.5) is 5.69 Å². The molecule has 0 N–H and O–H groups in total. The zero-order valence-corrected chi connectivity index (χ0v) is 10.6. The Bertz CT molecular complexity index is 656. The van der Waals surface area contributed by atoms with E-state index in [9.17, 15) is 4.79 Å². The number of hydrogen-bond acceptors (Lipinski definition) is 2. The van der Waals surface area contributed by atoms with Gasteiger partial charge in [0.05, 0.1) is 18.4 Å². The molecule has 2 aliphatic heterocycles. The number of carbonyl (C=O) groups is 1. The van der Waals surface area contributed by atoms with Crippen LogP contribution in [0.15, 0.2) is 36.4 Å². The van der Waals surface area contributed by atoms with Gasteiger partial charge < -0.3 is 9.64 Å². The highest BCUT2D eigenvalue weighted by atomic mass is 16.6. The molecule has 3 heteroatoms. The molecule has 2 aromatic carbocycles. The Morgan fingerprint density at radius 2 is 2.00 bits per heavy atom.